The molecular weight excluding hydrogens is 245 g/mol. The van der Waals surface area contributed by atoms with Gasteiger partial charge in [0.25, 0.3) is 0 Å². The quantitative estimate of drug-likeness (QED) is 0.887. The van der Waals surface area contributed by atoms with Gasteiger partial charge in [0.05, 0.1) is 6.67 Å². The van der Waals surface area contributed by atoms with Crippen LogP contribution in [-0.4, -0.2) is 24.4 Å². The third kappa shape index (κ3) is 6.79. The van der Waals surface area contributed by atoms with Crippen molar-refractivity contribution in [2.75, 3.05) is 6.67 Å². The Labute approximate surface area is 114 Å². The molecule has 1 unspecified atom stereocenters. The van der Waals surface area contributed by atoms with Crippen LogP contribution in [0, 0.1) is 0 Å². The van der Waals surface area contributed by atoms with Crippen LogP contribution in [0.3, 0.4) is 0 Å². The first-order chi connectivity index (χ1) is 8.90. The second kappa shape index (κ2) is 7.12. The fraction of sp³-hybridized carbons (Fsp3) is 0.533. The van der Waals surface area contributed by atoms with Gasteiger partial charge in [-0.25, -0.2) is 4.79 Å². The van der Waals surface area contributed by atoms with Gasteiger partial charge < -0.3 is 10.1 Å². The van der Waals surface area contributed by atoms with Gasteiger partial charge in [-0.2, -0.15) is 0 Å². The summed E-state index contributed by atoms with van der Waals surface area (Å²) < 4.78 is 17.7. The number of nitrogens with one attached hydrogen (secondary N) is 1. The summed E-state index contributed by atoms with van der Waals surface area (Å²) in [7, 11) is 0. The van der Waals surface area contributed by atoms with E-state index in [9.17, 15) is 9.18 Å². The molecule has 1 aromatic rings. The van der Waals surface area contributed by atoms with E-state index in [1.165, 1.54) is 0 Å². The van der Waals surface area contributed by atoms with E-state index < -0.39 is 18.4 Å². The first kappa shape index (κ1) is 15.5. The summed E-state index contributed by atoms with van der Waals surface area (Å²) >= 11 is 0. The molecular formula is C15H22FNO2. The molecule has 1 amide bonds. The summed E-state index contributed by atoms with van der Waals surface area (Å²) in [5.74, 6) is 0. The number of amides is 1. The Kier molecular flexibility index (Phi) is 5.80. The van der Waals surface area contributed by atoms with Crippen LogP contribution in [0.4, 0.5) is 9.18 Å². The molecule has 0 aliphatic heterocycles. The van der Waals surface area contributed by atoms with Gasteiger partial charge in [0, 0.05) is 6.04 Å². The molecule has 0 spiro atoms. The van der Waals surface area contributed by atoms with Crippen LogP contribution >= 0.6 is 0 Å². The van der Waals surface area contributed by atoms with E-state index in [1.807, 2.05) is 30.3 Å². The van der Waals surface area contributed by atoms with Crippen molar-refractivity contribution in [3.63, 3.8) is 0 Å². The zero-order valence-corrected chi connectivity index (χ0v) is 11.8. The molecule has 0 fully saturated rings. The van der Waals surface area contributed by atoms with E-state index in [0.717, 1.165) is 5.56 Å². The lowest BCUT2D eigenvalue weighted by molar-refractivity contribution is 0.0500. The van der Waals surface area contributed by atoms with Crippen LogP contribution in [0.15, 0.2) is 30.3 Å². The zero-order chi connectivity index (χ0) is 14.3. The number of alkyl carbamates (subject to hydrolysis) is 1. The number of rotatable bonds is 5. The summed E-state index contributed by atoms with van der Waals surface area (Å²) in [5, 5.41) is 2.72. The maximum absolute atomic E-state index is 12.5. The first-order valence-electron chi connectivity index (χ1n) is 6.50. The van der Waals surface area contributed by atoms with Gasteiger partial charge in [-0.1, -0.05) is 30.3 Å². The normalized spacial score (nSPS) is 12.8. The second-order valence-corrected chi connectivity index (χ2v) is 5.51. The average Bonchev–Trinajstić information content (AvgIpc) is 2.27. The predicted octanol–water partition coefficient (Wildman–Crippen LogP) is 3.48. The van der Waals surface area contributed by atoms with E-state index in [2.05, 4.69) is 5.32 Å². The molecule has 0 heterocycles. The van der Waals surface area contributed by atoms with Crippen LogP contribution in [0.1, 0.15) is 32.8 Å². The van der Waals surface area contributed by atoms with Crippen molar-refractivity contribution >= 4 is 6.09 Å². The average molecular weight is 267 g/mol. The Hall–Kier alpha value is -1.58. The summed E-state index contributed by atoms with van der Waals surface area (Å²) in [4.78, 5) is 11.7. The fourth-order valence-electron chi connectivity index (χ4n) is 1.73. The Morgan fingerprint density at radius 3 is 2.47 bits per heavy atom. The lowest BCUT2D eigenvalue weighted by Crippen LogP contribution is -2.40. The molecule has 1 rings (SSSR count). The van der Waals surface area contributed by atoms with Crippen molar-refractivity contribution in [3.8, 4) is 0 Å². The SMILES string of the molecule is CC(C)(C)OC(=O)NC(CCF)Cc1ccccc1. The van der Waals surface area contributed by atoms with E-state index in [0.29, 0.717) is 6.42 Å². The van der Waals surface area contributed by atoms with Gasteiger partial charge in [-0.15, -0.1) is 0 Å². The molecule has 19 heavy (non-hydrogen) atoms. The minimum Gasteiger partial charge on any atom is -0.444 e. The molecule has 0 bridgehead atoms. The molecule has 1 N–H and O–H groups in total. The van der Waals surface area contributed by atoms with Crippen molar-refractivity contribution in [2.45, 2.75) is 45.3 Å². The third-order valence-electron chi connectivity index (χ3n) is 2.50. The summed E-state index contributed by atoms with van der Waals surface area (Å²) in [6.45, 7) is 4.93. The Morgan fingerprint density at radius 1 is 1.32 bits per heavy atom. The highest BCUT2D eigenvalue weighted by molar-refractivity contribution is 5.68. The number of carbonyl (C=O) groups excluding carboxylic acids is 1. The number of alkyl halides is 1. The van der Waals surface area contributed by atoms with Gasteiger partial charge in [0.15, 0.2) is 0 Å². The minimum atomic E-state index is -0.545. The number of carbonyl (C=O) groups is 1. The molecule has 0 aromatic heterocycles. The first-order valence-corrected chi connectivity index (χ1v) is 6.50. The maximum Gasteiger partial charge on any atom is 0.407 e. The van der Waals surface area contributed by atoms with Gasteiger partial charge >= 0.3 is 6.09 Å². The van der Waals surface area contributed by atoms with Crippen LogP contribution < -0.4 is 5.32 Å². The number of benzene rings is 1. The standard InChI is InChI=1S/C15H22FNO2/c1-15(2,3)19-14(18)17-13(9-10-16)11-12-7-5-4-6-8-12/h4-8,13H,9-11H2,1-3H3,(H,17,18). The van der Waals surface area contributed by atoms with E-state index in [4.69, 9.17) is 4.74 Å². The Balaban J connectivity index is 2.55. The van der Waals surface area contributed by atoms with E-state index in [-0.39, 0.29) is 12.5 Å². The van der Waals surface area contributed by atoms with Crippen molar-refractivity contribution in [1.82, 2.24) is 5.32 Å². The molecule has 0 radical (unpaired) electrons. The van der Waals surface area contributed by atoms with Crippen LogP contribution in [-0.2, 0) is 11.2 Å². The maximum atomic E-state index is 12.5. The largest absolute Gasteiger partial charge is 0.444 e. The molecule has 106 valence electrons. The highest BCUT2D eigenvalue weighted by Gasteiger charge is 2.19. The summed E-state index contributed by atoms with van der Waals surface area (Å²) in [5.41, 5.74) is 0.522. The highest BCUT2D eigenvalue weighted by atomic mass is 19.1. The lowest BCUT2D eigenvalue weighted by Gasteiger charge is -2.23. The summed E-state index contributed by atoms with van der Waals surface area (Å²) in [6, 6.07) is 9.45. The summed E-state index contributed by atoms with van der Waals surface area (Å²) in [6.07, 6.45) is 0.389. The van der Waals surface area contributed by atoms with Gasteiger partial charge in [0.2, 0.25) is 0 Å². The number of halogens is 1. The van der Waals surface area contributed by atoms with E-state index in [1.54, 1.807) is 20.8 Å². The van der Waals surface area contributed by atoms with Crippen LogP contribution in [0.25, 0.3) is 0 Å². The van der Waals surface area contributed by atoms with Crippen LogP contribution in [0.2, 0.25) is 0 Å². The number of ether oxygens (including phenoxy) is 1. The van der Waals surface area contributed by atoms with Crippen LogP contribution in [0.5, 0.6) is 0 Å². The van der Waals surface area contributed by atoms with Gasteiger partial charge in [-0.3, -0.25) is 4.39 Å². The third-order valence-corrected chi connectivity index (χ3v) is 2.50. The molecule has 0 aliphatic rings. The van der Waals surface area contributed by atoms with Crippen molar-refractivity contribution in [2.24, 2.45) is 0 Å². The second-order valence-electron chi connectivity index (χ2n) is 5.51. The topological polar surface area (TPSA) is 38.3 Å². The van der Waals surface area contributed by atoms with E-state index >= 15 is 0 Å². The number of hydrogen-bond donors (Lipinski definition) is 1. The minimum absolute atomic E-state index is 0.248. The number of hydrogen-bond acceptors (Lipinski definition) is 2. The fourth-order valence-corrected chi connectivity index (χ4v) is 1.73. The van der Waals surface area contributed by atoms with Crippen molar-refractivity contribution in [3.05, 3.63) is 35.9 Å². The predicted molar refractivity (Wildman–Crippen MR) is 73.9 cm³/mol. The lowest BCUT2D eigenvalue weighted by atomic mass is 10.0. The smallest absolute Gasteiger partial charge is 0.407 e. The Bertz CT molecular complexity index is 387. The van der Waals surface area contributed by atoms with Crippen molar-refractivity contribution in [1.29, 1.82) is 0 Å². The molecule has 1 atom stereocenters. The van der Waals surface area contributed by atoms with Crippen molar-refractivity contribution < 1.29 is 13.9 Å². The van der Waals surface area contributed by atoms with Gasteiger partial charge in [-0.05, 0) is 39.2 Å². The monoisotopic (exact) mass is 267 g/mol. The molecule has 0 aliphatic carbocycles. The molecule has 1 aromatic carbocycles. The molecule has 3 nitrogen and oxygen atoms in total. The molecule has 4 heteroatoms. The Morgan fingerprint density at radius 2 is 1.95 bits per heavy atom. The zero-order valence-electron chi connectivity index (χ0n) is 11.8. The van der Waals surface area contributed by atoms with Gasteiger partial charge in [0.1, 0.15) is 5.60 Å². The molecule has 0 saturated carbocycles. The highest BCUT2D eigenvalue weighted by Crippen LogP contribution is 2.10. The molecule has 0 saturated heterocycles.